The standard InChI is InChI=1S/C40H52N5O8PSi2/c1-9-49-54(48,50-10-2)40(53-55(6,7)8)26-33(45-28-41-34-35(45)42-38(44-37(34)47)43-36(46)29-20-14-11-15-21-29)52-32(40)27-51-56(39(3,4)5,30-22-16-12-17-23-30)31-24-18-13-19-25-31/h11-25,28,32-33H,9-10,26-27H2,1-8H3,(H2,42,43,44,46,47)/t32-,33-,40+/m1/s1. The van der Waals surface area contributed by atoms with Gasteiger partial charge in [-0.25, -0.2) is 4.98 Å². The number of aromatic amines is 1. The molecule has 13 nitrogen and oxygen atoms in total. The number of hydrogen-bond acceptors (Lipinski definition) is 10. The van der Waals surface area contributed by atoms with Gasteiger partial charge in [-0.3, -0.25) is 29.0 Å². The van der Waals surface area contributed by atoms with E-state index in [0.29, 0.717) is 5.56 Å². The molecule has 6 rings (SSSR count). The number of carbonyl (C=O) groups is 1. The van der Waals surface area contributed by atoms with Crippen molar-refractivity contribution in [2.24, 2.45) is 0 Å². The van der Waals surface area contributed by atoms with Crippen LogP contribution in [0, 0.1) is 0 Å². The van der Waals surface area contributed by atoms with Crippen LogP contribution in [0.25, 0.3) is 11.2 Å². The van der Waals surface area contributed by atoms with Gasteiger partial charge in [0.25, 0.3) is 19.8 Å². The van der Waals surface area contributed by atoms with Crippen LogP contribution in [-0.2, 0) is 27.2 Å². The van der Waals surface area contributed by atoms with Crippen LogP contribution >= 0.6 is 7.60 Å². The molecule has 16 heteroatoms. The number of aromatic nitrogens is 4. The van der Waals surface area contributed by atoms with Crippen molar-refractivity contribution >= 4 is 57.6 Å². The van der Waals surface area contributed by atoms with E-state index in [9.17, 15) is 9.59 Å². The molecule has 2 aromatic heterocycles. The molecule has 3 heterocycles. The van der Waals surface area contributed by atoms with Crippen molar-refractivity contribution in [3.63, 3.8) is 0 Å². The van der Waals surface area contributed by atoms with E-state index in [4.69, 9.17) is 22.6 Å². The van der Waals surface area contributed by atoms with Gasteiger partial charge in [0, 0.05) is 12.0 Å². The Kier molecular flexibility index (Phi) is 12.2. The highest BCUT2D eigenvalue weighted by Gasteiger charge is 2.66. The van der Waals surface area contributed by atoms with Gasteiger partial charge in [0.05, 0.1) is 26.1 Å². The van der Waals surface area contributed by atoms with Gasteiger partial charge in [0.15, 0.2) is 24.8 Å². The van der Waals surface area contributed by atoms with Crippen LogP contribution in [0.4, 0.5) is 5.95 Å². The first-order chi connectivity index (χ1) is 26.6. The third kappa shape index (κ3) is 8.05. The minimum atomic E-state index is -4.14. The van der Waals surface area contributed by atoms with Crippen molar-refractivity contribution in [3.05, 3.63) is 113 Å². The molecule has 1 fully saturated rings. The SMILES string of the molecule is CCOP(=O)(OCC)[C@@]1(O[Si](C)(C)C)C[C@H](n2cnc3c(=O)[nH]c(NC(=O)c4ccccc4)nc32)O[C@@H]1CO[Si](c1ccccc1)(c1ccccc1)C(C)(C)C. The largest absolute Gasteiger partial charge is 0.405 e. The topological polar surface area (TPSA) is 156 Å². The quantitative estimate of drug-likeness (QED) is 0.0830. The zero-order valence-corrected chi connectivity index (χ0v) is 36.2. The lowest BCUT2D eigenvalue weighted by atomic mass is 10.2. The van der Waals surface area contributed by atoms with Crippen molar-refractivity contribution in [3.8, 4) is 0 Å². The Labute approximate surface area is 329 Å². The minimum absolute atomic E-state index is 0.00499. The maximum Gasteiger partial charge on any atom is 0.364 e. The maximum atomic E-state index is 15.4. The second kappa shape index (κ2) is 16.4. The predicted octanol–water partition coefficient (Wildman–Crippen LogP) is 7.05. The van der Waals surface area contributed by atoms with Gasteiger partial charge in [-0.15, -0.1) is 0 Å². The first-order valence-electron chi connectivity index (χ1n) is 18.9. The van der Waals surface area contributed by atoms with E-state index < -0.39 is 53.4 Å². The summed E-state index contributed by atoms with van der Waals surface area (Å²) in [5, 5.41) is 2.81. The van der Waals surface area contributed by atoms with E-state index in [1.54, 1.807) is 48.7 Å². The number of benzene rings is 3. The van der Waals surface area contributed by atoms with Gasteiger partial charge in [0.1, 0.15) is 12.3 Å². The summed E-state index contributed by atoms with van der Waals surface area (Å²) in [5.41, 5.74) is 0.0242. The molecular formula is C40H52N5O8PSi2. The number of H-pyrrole nitrogens is 1. The molecule has 0 unspecified atom stereocenters. The number of anilines is 1. The number of rotatable bonds is 15. The third-order valence-electron chi connectivity index (χ3n) is 9.71. The van der Waals surface area contributed by atoms with E-state index >= 15 is 4.57 Å². The molecule has 3 atom stereocenters. The van der Waals surface area contributed by atoms with Gasteiger partial charge < -0.3 is 22.6 Å². The molecule has 1 amide bonds. The third-order valence-corrected chi connectivity index (χ3v) is 18.6. The summed E-state index contributed by atoms with van der Waals surface area (Å²) in [6.07, 6.45) is -0.446. The highest BCUT2D eigenvalue weighted by atomic mass is 31.2. The highest BCUT2D eigenvalue weighted by molar-refractivity contribution is 7.55. The normalized spacial score (nSPS) is 19.4. The number of nitrogens with one attached hydrogen (secondary N) is 2. The zero-order chi connectivity index (χ0) is 40.4. The molecule has 0 saturated carbocycles. The molecule has 1 aliphatic rings. The number of amides is 1. The molecule has 0 radical (unpaired) electrons. The summed E-state index contributed by atoms with van der Waals surface area (Å²) in [5.74, 6) is -0.518. The van der Waals surface area contributed by atoms with Crippen molar-refractivity contribution in [2.75, 3.05) is 25.1 Å². The number of hydrogen-bond donors (Lipinski definition) is 2. The zero-order valence-electron chi connectivity index (χ0n) is 33.3. The molecular weight excluding hydrogens is 766 g/mol. The van der Waals surface area contributed by atoms with E-state index in [1.165, 1.54) is 6.33 Å². The van der Waals surface area contributed by atoms with Gasteiger partial charge in [-0.1, -0.05) is 99.6 Å². The lowest BCUT2D eigenvalue weighted by Gasteiger charge is -2.46. The van der Waals surface area contributed by atoms with Crippen LogP contribution < -0.4 is 21.2 Å². The Morgan fingerprint density at radius 1 is 0.946 bits per heavy atom. The lowest BCUT2D eigenvalue weighted by Crippen LogP contribution is -2.67. The molecule has 5 aromatic rings. The van der Waals surface area contributed by atoms with Crippen LogP contribution in [-0.4, -0.2) is 73.3 Å². The number of fused-ring (bicyclic) bond motifs is 1. The van der Waals surface area contributed by atoms with Gasteiger partial charge in [0.2, 0.25) is 5.95 Å². The van der Waals surface area contributed by atoms with Gasteiger partial charge in [-0.05, 0) is 61.0 Å². The minimum Gasteiger partial charge on any atom is -0.405 e. The fraction of sp³-hybridized carbons (Fsp3) is 0.400. The Morgan fingerprint density at radius 2 is 1.50 bits per heavy atom. The van der Waals surface area contributed by atoms with Crippen molar-refractivity contribution in [1.29, 1.82) is 0 Å². The number of carbonyl (C=O) groups excluding carboxylic acids is 1. The highest BCUT2D eigenvalue weighted by Crippen LogP contribution is 2.68. The van der Waals surface area contributed by atoms with Crippen molar-refractivity contribution in [2.45, 2.75) is 83.4 Å². The average molecular weight is 818 g/mol. The van der Waals surface area contributed by atoms with Crippen LogP contribution in [0.15, 0.2) is 102 Å². The number of ether oxygens (including phenoxy) is 1. The summed E-state index contributed by atoms with van der Waals surface area (Å²) < 4.78 is 50.8. The summed E-state index contributed by atoms with van der Waals surface area (Å²) in [7, 11) is -9.86. The van der Waals surface area contributed by atoms with Crippen LogP contribution in [0.1, 0.15) is 57.6 Å². The predicted molar refractivity (Wildman–Crippen MR) is 223 cm³/mol. The second-order valence-electron chi connectivity index (χ2n) is 15.7. The van der Waals surface area contributed by atoms with E-state index in [-0.39, 0.29) is 48.4 Å². The molecule has 298 valence electrons. The molecule has 2 N–H and O–H groups in total. The number of imidazole rings is 1. The Bertz CT molecular complexity index is 2180. The molecule has 0 spiro atoms. The molecule has 0 aliphatic carbocycles. The van der Waals surface area contributed by atoms with Gasteiger partial charge in [-0.2, -0.15) is 4.98 Å². The van der Waals surface area contributed by atoms with E-state index in [1.807, 2.05) is 56.0 Å². The molecule has 3 aromatic carbocycles. The van der Waals surface area contributed by atoms with Crippen LogP contribution in [0.3, 0.4) is 0 Å². The van der Waals surface area contributed by atoms with Crippen LogP contribution in [0.5, 0.6) is 0 Å². The van der Waals surface area contributed by atoms with E-state index in [0.717, 1.165) is 10.4 Å². The Balaban J connectivity index is 1.49. The average Bonchev–Trinajstić information content (AvgIpc) is 3.74. The summed E-state index contributed by atoms with van der Waals surface area (Å²) in [6, 6.07) is 29.1. The van der Waals surface area contributed by atoms with Crippen LogP contribution in [0.2, 0.25) is 24.7 Å². The maximum absolute atomic E-state index is 15.4. The Morgan fingerprint density at radius 3 is 2.02 bits per heavy atom. The summed E-state index contributed by atoms with van der Waals surface area (Å²) in [6.45, 7) is 16.3. The molecule has 1 aliphatic heterocycles. The monoisotopic (exact) mass is 817 g/mol. The first-order valence-corrected chi connectivity index (χ1v) is 25.8. The van der Waals surface area contributed by atoms with Crippen molar-refractivity contribution < 1.29 is 32.0 Å². The second-order valence-corrected chi connectivity index (χ2v) is 26.7. The fourth-order valence-electron chi connectivity index (χ4n) is 7.56. The lowest BCUT2D eigenvalue weighted by molar-refractivity contribution is -0.0539. The molecule has 0 bridgehead atoms. The molecule has 1 saturated heterocycles. The smallest absolute Gasteiger partial charge is 0.364 e. The summed E-state index contributed by atoms with van der Waals surface area (Å²) in [4.78, 5) is 38.1. The van der Waals surface area contributed by atoms with E-state index in [2.05, 4.69) is 65.3 Å². The first kappa shape index (κ1) is 41.6. The number of nitrogens with zero attached hydrogens (tertiary/aromatic N) is 3. The molecule has 56 heavy (non-hydrogen) atoms. The van der Waals surface area contributed by atoms with Gasteiger partial charge >= 0.3 is 7.60 Å². The fourth-order valence-corrected chi connectivity index (χ4v) is 16.7. The van der Waals surface area contributed by atoms with Crippen molar-refractivity contribution in [1.82, 2.24) is 19.5 Å². The summed E-state index contributed by atoms with van der Waals surface area (Å²) >= 11 is 0. The Hall–Kier alpha value is -4.06.